The first-order valence-electron chi connectivity index (χ1n) is 13.3. The number of carbonyl (C=O) groups excluding carboxylic acids is 2. The monoisotopic (exact) mass is 577 g/mol. The molecule has 1 aliphatic heterocycles. The predicted octanol–water partition coefficient (Wildman–Crippen LogP) is 6.54. The molecular formula is C30H28ClN3O3S2. The molecule has 2 aromatic heterocycles. The van der Waals surface area contributed by atoms with E-state index in [9.17, 15) is 14.4 Å². The fourth-order valence-electron chi connectivity index (χ4n) is 5.45. The number of hydrogen-bond acceptors (Lipinski definition) is 6. The lowest BCUT2D eigenvalue weighted by atomic mass is 9.89. The van der Waals surface area contributed by atoms with E-state index in [0.29, 0.717) is 40.0 Å². The van der Waals surface area contributed by atoms with Crippen molar-refractivity contribution in [2.24, 2.45) is 5.92 Å². The Balaban J connectivity index is 1.41. The van der Waals surface area contributed by atoms with E-state index in [1.165, 1.54) is 21.5 Å². The summed E-state index contributed by atoms with van der Waals surface area (Å²) in [5.74, 6) is 0.0160. The third kappa shape index (κ3) is 5.06. The Hall–Kier alpha value is -2.94. The molecule has 2 amide bonds. The van der Waals surface area contributed by atoms with E-state index in [-0.39, 0.29) is 17.4 Å². The molecule has 9 heteroatoms. The molecule has 6 nitrogen and oxygen atoms in total. The average Bonchev–Trinajstić information content (AvgIpc) is 3.20. The van der Waals surface area contributed by atoms with E-state index < -0.39 is 5.25 Å². The van der Waals surface area contributed by atoms with Crippen LogP contribution >= 0.6 is 34.7 Å². The van der Waals surface area contributed by atoms with Crippen molar-refractivity contribution in [3.63, 3.8) is 0 Å². The van der Waals surface area contributed by atoms with Crippen molar-refractivity contribution < 1.29 is 9.59 Å². The van der Waals surface area contributed by atoms with Crippen molar-refractivity contribution >= 4 is 56.7 Å². The maximum Gasteiger partial charge on any atom is 0.267 e. The number of likely N-dealkylation sites (tertiary alicyclic amines) is 1. The molecule has 2 atom stereocenters. The summed E-state index contributed by atoms with van der Waals surface area (Å²) >= 11 is 8.91. The topological polar surface area (TPSA) is 72.3 Å². The maximum absolute atomic E-state index is 14.1. The van der Waals surface area contributed by atoms with Gasteiger partial charge < -0.3 is 0 Å². The zero-order chi connectivity index (χ0) is 27.1. The number of rotatable bonds is 4. The first kappa shape index (κ1) is 26.3. The largest absolute Gasteiger partial charge is 0.278 e. The van der Waals surface area contributed by atoms with Gasteiger partial charge in [0.25, 0.3) is 11.5 Å². The highest BCUT2D eigenvalue weighted by atomic mass is 35.5. The quantitative estimate of drug-likeness (QED) is 0.203. The molecule has 2 aromatic carbocycles. The van der Waals surface area contributed by atoms with Gasteiger partial charge in [-0.15, -0.1) is 11.3 Å². The molecule has 0 saturated carbocycles. The molecule has 3 heterocycles. The van der Waals surface area contributed by atoms with E-state index in [0.717, 1.165) is 48.2 Å². The lowest BCUT2D eigenvalue weighted by Crippen LogP contribution is -2.41. The van der Waals surface area contributed by atoms with E-state index in [1.54, 1.807) is 40.2 Å². The first-order valence-corrected chi connectivity index (χ1v) is 15.4. The zero-order valence-corrected chi connectivity index (χ0v) is 24.0. The summed E-state index contributed by atoms with van der Waals surface area (Å²) in [7, 11) is 0. The summed E-state index contributed by atoms with van der Waals surface area (Å²) in [4.78, 5) is 49.5. The molecule has 2 unspecified atom stereocenters. The Kier molecular flexibility index (Phi) is 7.35. The van der Waals surface area contributed by atoms with Crippen LogP contribution in [0.2, 0.25) is 5.02 Å². The average molecular weight is 578 g/mol. The molecule has 6 rings (SSSR count). The van der Waals surface area contributed by atoms with Crippen molar-refractivity contribution in [1.82, 2.24) is 14.5 Å². The summed E-state index contributed by atoms with van der Waals surface area (Å²) in [5.41, 5.74) is 2.20. The lowest BCUT2D eigenvalue weighted by Gasteiger charge is -2.23. The van der Waals surface area contributed by atoms with E-state index in [1.807, 2.05) is 30.3 Å². The van der Waals surface area contributed by atoms with E-state index in [2.05, 4.69) is 6.92 Å². The maximum atomic E-state index is 14.1. The SMILES string of the molecule is CC1CCc2c(sc3nc(SC4CCCCN(C(=O)c5ccc(Cl)cc5)C4=O)n(-c4ccccc4)c(=O)c23)C1. The van der Waals surface area contributed by atoms with Crippen molar-refractivity contribution in [2.45, 2.75) is 55.9 Å². The van der Waals surface area contributed by atoms with Gasteiger partial charge in [0.05, 0.1) is 16.3 Å². The van der Waals surface area contributed by atoms with Gasteiger partial charge in [0.1, 0.15) is 4.83 Å². The first-order chi connectivity index (χ1) is 18.9. The second kappa shape index (κ2) is 10.9. The van der Waals surface area contributed by atoms with E-state index >= 15 is 0 Å². The van der Waals surface area contributed by atoms with Gasteiger partial charge in [0.15, 0.2) is 5.16 Å². The number of hydrogen-bond donors (Lipinski definition) is 0. The van der Waals surface area contributed by atoms with Crippen LogP contribution in [0.3, 0.4) is 0 Å². The van der Waals surface area contributed by atoms with Gasteiger partial charge in [0.2, 0.25) is 5.91 Å². The van der Waals surface area contributed by atoms with Crippen LogP contribution in [-0.4, -0.2) is 38.1 Å². The minimum absolute atomic E-state index is 0.0871. The number of benzene rings is 2. The van der Waals surface area contributed by atoms with Crippen LogP contribution in [-0.2, 0) is 17.6 Å². The van der Waals surface area contributed by atoms with Crippen molar-refractivity contribution in [3.8, 4) is 5.69 Å². The molecule has 1 saturated heterocycles. The van der Waals surface area contributed by atoms with Crippen LogP contribution in [0.1, 0.15) is 53.4 Å². The highest BCUT2D eigenvalue weighted by molar-refractivity contribution is 8.00. The minimum Gasteiger partial charge on any atom is -0.278 e. The molecule has 0 radical (unpaired) electrons. The molecule has 2 aliphatic rings. The summed E-state index contributed by atoms with van der Waals surface area (Å²) in [6.07, 6.45) is 5.06. The lowest BCUT2D eigenvalue weighted by molar-refractivity contribution is -0.127. The number of thioether (sulfide) groups is 1. The Labute approximate surface area is 240 Å². The van der Waals surface area contributed by atoms with Gasteiger partial charge in [-0.25, -0.2) is 4.98 Å². The number of aromatic nitrogens is 2. The number of para-hydroxylation sites is 1. The van der Waals surface area contributed by atoms with E-state index in [4.69, 9.17) is 16.6 Å². The van der Waals surface area contributed by atoms with Gasteiger partial charge in [0, 0.05) is 22.0 Å². The molecule has 39 heavy (non-hydrogen) atoms. The van der Waals surface area contributed by atoms with Gasteiger partial charge in [-0.1, -0.05) is 54.9 Å². The Bertz CT molecular complexity index is 1610. The van der Waals surface area contributed by atoms with Gasteiger partial charge in [-0.05, 0) is 80.0 Å². The van der Waals surface area contributed by atoms with Crippen molar-refractivity contribution in [3.05, 3.63) is 86.0 Å². The molecule has 0 N–H and O–H groups in total. The number of thiophene rings is 1. The number of imide groups is 1. The normalized spacial score (nSPS) is 19.6. The van der Waals surface area contributed by atoms with Crippen LogP contribution in [0.15, 0.2) is 64.5 Å². The Morgan fingerprint density at radius 1 is 1.05 bits per heavy atom. The summed E-state index contributed by atoms with van der Waals surface area (Å²) < 4.78 is 1.65. The number of carbonyl (C=O) groups is 2. The van der Waals surface area contributed by atoms with Crippen molar-refractivity contribution in [2.75, 3.05) is 6.54 Å². The summed E-state index contributed by atoms with van der Waals surface area (Å²) in [6.45, 7) is 2.62. The fourth-order valence-corrected chi connectivity index (χ4v) is 8.21. The fraction of sp³-hybridized carbons (Fsp3) is 0.333. The highest BCUT2D eigenvalue weighted by Gasteiger charge is 2.34. The van der Waals surface area contributed by atoms with Crippen LogP contribution in [0.25, 0.3) is 15.9 Å². The van der Waals surface area contributed by atoms with Crippen molar-refractivity contribution in [1.29, 1.82) is 0 Å². The molecule has 200 valence electrons. The van der Waals surface area contributed by atoms with Gasteiger partial charge >= 0.3 is 0 Å². The number of halogens is 1. The summed E-state index contributed by atoms with van der Waals surface area (Å²) in [5, 5.41) is 1.20. The zero-order valence-electron chi connectivity index (χ0n) is 21.6. The number of fused-ring (bicyclic) bond motifs is 3. The predicted molar refractivity (Wildman–Crippen MR) is 157 cm³/mol. The number of aryl methyl sites for hydroxylation is 1. The molecular weight excluding hydrogens is 550 g/mol. The molecule has 4 aromatic rings. The molecule has 1 aliphatic carbocycles. The third-order valence-corrected chi connectivity index (χ3v) is 10.1. The van der Waals surface area contributed by atoms with Crippen LogP contribution in [0.4, 0.5) is 0 Å². The number of nitrogens with zero attached hydrogens (tertiary/aromatic N) is 3. The van der Waals surface area contributed by atoms with Crippen LogP contribution in [0, 0.1) is 5.92 Å². The third-order valence-electron chi connectivity index (χ3n) is 7.54. The molecule has 1 fully saturated rings. The standard InChI is InChI=1S/C30H28ClN3O3S2/c1-18-10-15-22-24(17-18)38-26-25(22)29(37)34(21-7-3-2-4-8-21)30(32-26)39-23-9-5-6-16-33(28(23)36)27(35)19-11-13-20(31)14-12-19/h2-4,7-8,11-14,18,23H,5-6,9-10,15-17H2,1H3. The second-order valence-corrected chi connectivity index (χ2v) is 13.0. The minimum atomic E-state index is -0.530. The Morgan fingerprint density at radius 2 is 1.82 bits per heavy atom. The summed E-state index contributed by atoms with van der Waals surface area (Å²) in [6, 6.07) is 16.1. The Morgan fingerprint density at radius 3 is 2.59 bits per heavy atom. The number of amides is 2. The molecule has 0 spiro atoms. The molecule has 0 bridgehead atoms. The smallest absolute Gasteiger partial charge is 0.267 e. The van der Waals surface area contributed by atoms with Crippen LogP contribution in [0.5, 0.6) is 0 Å². The van der Waals surface area contributed by atoms with Crippen LogP contribution < -0.4 is 5.56 Å². The highest BCUT2D eigenvalue weighted by Crippen LogP contribution is 2.38. The second-order valence-electron chi connectivity index (χ2n) is 10.3. The van der Waals surface area contributed by atoms with Gasteiger partial charge in [-0.2, -0.15) is 0 Å². The van der Waals surface area contributed by atoms with Gasteiger partial charge in [-0.3, -0.25) is 23.9 Å².